The van der Waals surface area contributed by atoms with Crippen molar-refractivity contribution in [2.45, 2.75) is 254 Å². The Kier molecular flexibility index (Phi) is 37.6. The minimum atomic E-state index is 0.904. The van der Waals surface area contributed by atoms with Crippen LogP contribution < -0.4 is 0 Å². The van der Waals surface area contributed by atoms with Crippen molar-refractivity contribution in [3.05, 3.63) is 24.6 Å². The molecule has 0 saturated heterocycles. The van der Waals surface area contributed by atoms with E-state index in [9.17, 15) is 0 Å². The van der Waals surface area contributed by atoms with Crippen molar-refractivity contribution in [2.24, 2.45) is 0 Å². The Morgan fingerprint density at radius 3 is 0.840 bits per heavy atom. The van der Waals surface area contributed by atoms with Crippen LogP contribution in [0.15, 0.2) is 26.8 Å². The third kappa shape index (κ3) is 29.7. The molecule has 0 aliphatic heterocycles. The Bertz CT molecular complexity index is 772. The van der Waals surface area contributed by atoms with E-state index in [1.165, 1.54) is 235 Å². The summed E-state index contributed by atoms with van der Waals surface area (Å²) in [5, 5.41) is 0. The molecule has 1 aromatic rings. The van der Waals surface area contributed by atoms with Gasteiger partial charge in [-0.15, -0.1) is 35.3 Å². The highest BCUT2D eigenvalue weighted by atomic mass is 32.2. The molecule has 0 N–H and O–H groups in total. The third-order valence-corrected chi connectivity index (χ3v) is 14.1. The summed E-state index contributed by atoms with van der Waals surface area (Å²) in [5.74, 6) is 3.82. The highest BCUT2D eigenvalue weighted by Gasteiger charge is 2.13. The van der Waals surface area contributed by atoms with Crippen LogP contribution in [-0.4, -0.2) is 17.3 Å². The molecule has 1 aromatic carbocycles. The molecule has 293 valence electrons. The first-order valence-corrected chi connectivity index (χ1v) is 25.6. The van der Waals surface area contributed by atoms with Crippen molar-refractivity contribution in [1.82, 2.24) is 0 Å². The second kappa shape index (κ2) is 39.0. The Morgan fingerprint density at radius 1 is 0.340 bits per heavy atom. The fourth-order valence-electron chi connectivity index (χ4n) is 6.97. The zero-order valence-corrected chi connectivity index (χ0v) is 36.7. The van der Waals surface area contributed by atoms with E-state index in [2.05, 4.69) is 75.1 Å². The van der Waals surface area contributed by atoms with Gasteiger partial charge < -0.3 is 0 Å². The lowest BCUT2D eigenvalue weighted by Gasteiger charge is -2.16. The molecule has 0 atom stereocenters. The molecule has 0 aliphatic carbocycles. The number of thioether (sulfide) groups is 3. The highest BCUT2D eigenvalue weighted by Crippen LogP contribution is 2.41. The molecule has 0 heterocycles. The molecule has 0 saturated carbocycles. The van der Waals surface area contributed by atoms with Gasteiger partial charge in [-0.2, -0.15) is 0 Å². The van der Waals surface area contributed by atoms with Gasteiger partial charge in [0.1, 0.15) is 0 Å². The van der Waals surface area contributed by atoms with Gasteiger partial charge in [0, 0.05) is 14.7 Å². The van der Waals surface area contributed by atoms with Gasteiger partial charge in [0.05, 0.1) is 0 Å². The molecule has 0 aromatic heterocycles. The van der Waals surface area contributed by atoms with Crippen molar-refractivity contribution in [1.29, 1.82) is 0 Å². The fraction of sp³-hybridized carbons (Fsp3) is 0.851. The molecule has 0 amide bonds. The molecule has 0 aliphatic rings. The maximum Gasteiger partial charge on any atom is 0.0344 e. The van der Waals surface area contributed by atoms with Crippen molar-refractivity contribution in [3.8, 4) is 0 Å². The van der Waals surface area contributed by atoms with Gasteiger partial charge in [0.15, 0.2) is 0 Å². The van der Waals surface area contributed by atoms with Gasteiger partial charge in [0.2, 0.25) is 0 Å². The summed E-state index contributed by atoms with van der Waals surface area (Å²) >= 11 is 6.49. The summed E-state index contributed by atoms with van der Waals surface area (Å²) in [4.78, 5) is 4.73. The fourth-order valence-corrected chi connectivity index (χ4v) is 10.8. The van der Waals surface area contributed by atoms with E-state index < -0.39 is 0 Å². The van der Waals surface area contributed by atoms with E-state index in [0.717, 1.165) is 6.42 Å². The standard InChI is InChI=1S/C47H87S3/c1-5-9-12-15-18-21-24-27-30-33-36-39-48-45-42-44(8-4)43-46(49-40-37-34-31-28-25-22-19-16-13-10-6-2)47(45)50-41-38-35-32-29-26-23-20-17-14-11-7-3/h42-43H,4-41H2,1-3H3. The zero-order chi connectivity index (χ0) is 36.0. The Morgan fingerprint density at radius 2 is 0.580 bits per heavy atom. The summed E-state index contributed by atoms with van der Waals surface area (Å²) in [7, 11) is 0. The molecule has 0 nitrogen and oxygen atoms in total. The van der Waals surface area contributed by atoms with Gasteiger partial charge in [0.25, 0.3) is 0 Å². The summed E-state index contributed by atoms with van der Waals surface area (Å²) in [6, 6.07) is 5.01. The Labute approximate surface area is 329 Å². The number of rotatable bonds is 40. The van der Waals surface area contributed by atoms with E-state index in [-0.39, 0.29) is 0 Å². The first kappa shape index (κ1) is 48.3. The average molecular weight is 748 g/mol. The van der Waals surface area contributed by atoms with Gasteiger partial charge in [-0.25, -0.2) is 0 Å². The summed E-state index contributed by atoms with van der Waals surface area (Å²) in [5.41, 5.74) is 1.44. The van der Waals surface area contributed by atoms with Gasteiger partial charge >= 0.3 is 0 Å². The largest absolute Gasteiger partial charge is 0.125 e. The van der Waals surface area contributed by atoms with E-state index in [4.69, 9.17) is 0 Å². The third-order valence-electron chi connectivity index (χ3n) is 10.4. The number of hydrogen-bond acceptors (Lipinski definition) is 3. The van der Waals surface area contributed by atoms with Crippen LogP contribution in [0.4, 0.5) is 0 Å². The molecule has 1 rings (SSSR count). The van der Waals surface area contributed by atoms with Crippen LogP contribution in [0.2, 0.25) is 0 Å². The zero-order valence-electron chi connectivity index (χ0n) is 34.2. The first-order valence-electron chi connectivity index (χ1n) is 22.6. The van der Waals surface area contributed by atoms with E-state index in [1.54, 1.807) is 14.7 Å². The van der Waals surface area contributed by atoms with Crippen LogP contribution in [0.3, 0.4) is 0 Å². The minimum Gasteiger partial charge on any atom is -0.125 e. The summed E-state index contributed by atoms with van der Waals surface area (Å²) in [6.07, 6.45) is 47.9. The topological polar surface area (TPSA) is 0 Å². The predicted molar refractivity (Wildman–Crippen MR) is 237 cm³/mol. The maximum atomic E-state index is 4.31. The highest BCUT2D eigenvalue weighted by molar-refractivity contribution is 8.03. The molecular weight excluding hydrogens is 661 g/mol. The summed E-state index contributed by atoms with van der Waals surface area (Å²) in [6.45, 7) is 11.3. The van der Waals surface area contributed by atoms with Crippen molar-refractivity contribution in [3.63, 3.8) is 0 Å². The summed E-state index contributed by atoms with van der Waals surface area (Å²) < 4.78 is 0. The quantitative estimate of drug-likeness (QED) is 0.0485. The second-order valence-electron chi connectivity index (χ2n) is 15.3. The predicted octanol–water partition coefficient (Wildman–Crippen LogP) is 18.3. The SMILES string of the molecule is [CH2]Cc1cc(SCCCCCCCCCCCCC)c(SCCCCCCCCCCCCC)c(SCCCCCCCCCCCCC)c1. The first-order chi connectivity index (χ1) is 24.8. The van der Waals surface area contributed by atoms with Crippen molar-refractivity contribution in [2.75, 3.05) is 17.3 Å². The number of unbranched alkanes of at least 4 members (excludes halogenated alkanes) is 30. The molecule has 1 radical (unpaired) electrons. The van der Waals surface area contributed by atoms with Crippen LogP contribution in [0.1, 0.15) is 238 Å². The second-order valence-corrected chi connectivity index (χ2v) is 18.7. The van der Waals surface area contributed by atoms with Crippen LogP contribution in [0.5, 0.6) is 0 Å². The molecule has 50 heavy (non-hydrogen) atoms. The van der Waals surface area contributed by atoms with Crippen LogP contribution in [-0.2, 0) is 6.42 Å². The molecule has 0 unspecified atom stereocenters. The van der Waals surface area contributed by atoms with Crippen molar-refractivity contribution >= 4 is 35.3 Å². The minimum absolute atomic E-state index is 0.904. The molecular formula is C47H87S3. The molecule has 3 heteroatoms. The Balaban J connectivity index is 2.51. The van der Waals surface area contributed by atoms with E-state index in [1.807, 2.05) is 0 Å². The van der Waals surface area contributed by atoms with Crippen LogP contribution >= 0.6 is 35.3 Å². The van der Waals surface area contributed by atoms with Gasteiger partial charge in [-0.1, -0.05) is 213 Å². The van der Waals surface area contributed by atoms with Crippen LogP contribution in [0, 0.1) is 6.92 Å². The van der Waals surface area contributed by atoms with E-state index in [0.29, 0.717) is 0 Å². The monoisotopic (exact) mass is 748 g/mol. The number of benzene rings is 1. The van der Waals surface area contributed by atoms with Gasteiger partial charge in [-0.3, -0.25) is 0 Å². The number of hydrogen-bond donors (Lipinski definition) is 0. The molecule has 0 spiro atoms. The lowest BCUT2D eigenvalue weighted by molar-refractivity contribution is 0.555. The lowest BCUT2D eigenvalue weighted by Crippen LogP contribution is -1.94. The van der Waals surface area contributed by atoms with Crippen molar-refractivity contribution < 1.29 is 0 Å². The van der Waals surface area contributed by atoms with Gasteiger partial charge in [-0.05, 0) is 67.6 Å². The normalized spacial score (nSPS) is 11.6. The molecule has 0 fully saturated rings. The average Bonchev–Trinajstić information content (AvgIpc) is 3.13. The Hall–Kier alpha value is 0.270. The van der Waals surface area contributed by atoms with E-state index >= 15 is 0 Å². The lowest BCUT2D eigenvalue weighted by atomic mass is 10.1. The van der Waals surface area contributed by atoms with Crippen LogP contribution in [0.25, 0.3) is 0 Å². The molecule has 0 bridgehead atoms. The maximum absolute atomic E-state index is 4.31. The smallest absolute Gasteiger partial charge is 0.0344 e.